The topological polar surface area (TPSA) is 90.0 Å². The van der Waals surface area contributed by atoms with Gasteiger partial charge in [-0.25, -0.2) is 0 Å². The second-order valence-corrected chi connectivity index (χ2v) is 14.0. The number of anilines is 2. The molecule has 0 saturated carbocycles. The van der Waals surface area contributed by atoms with Crippen molar-refractivity contribution in [2.24, 2.45) is 0 Å². The number of alkyl halides is 3. The normalized spacial score (nSPS) is 18.9. The number of piperazine rings is 1. The molecule has 2 saturated heterocycles. The molecule has 8 nitrogen and oxygen atoms in total. The zero-order valence-electron chi connectivity index (χ0n) is 21.0. The summed E-state index contributed by atoms with van der Waals surface area (Å²) in [5, 5.41) is 4.19. The van der Waals surface area contributed by atoms with Gasteiger partial charge in [0, 0.05) is 0 Å². The summed E-state index contributed by atoms with van der Waals surface area (Å²) in [6, 6.07) is 10.4. The van der Waals surface area contributed by atoms with E-state index in [0.717, 1.165) is 52.9 Å². The van der Waals surface area contributed by atoms with Gasteiger partial charge in [0.25, 0.3) is 0 Å². The fourth-order valence-corrected chi connectivity index (χ4v) is 9.35. The molecule has 3 aromatic heterocycles. The van der Waals surface area contributed by atoms with E-state index in [1.807, 2.05) is 34.1 Å². The van der Waals surface area contributed by atoms with E-state index in [2.05, 4.69) is 15.3 Å². The van der Waals surface area contributed by atoms with Crippen LogP contribution in [0.25, 0.3) is 20.8 Å². The number of fused-ring (bicyclic) bond motifs is 1. The maximum absolute atomic E-state index is 13.6. The summed E-state index contributed by atoms with van der Waals surface area (Å²) in [7, 11) is 0. The van der Waals surface area contributed by atoms with Crippen LogP contribution < -0.4 is 25.2 Å². The molecular formula is C26H27AsF3N7OS. The molecule has 2 aliphatic heterocycles. The Hall–Kier alpha value is -2.95. The number of piperidine rings is 1. The Labute approximate surface area is 233 Å². The van der Waals surface area contributed by atoms with E-state index in [1.165, 1.54) is 17.4 Å². The fourth-order valence-electron chi connectivity index (χ4n) is 4.95. The number of aromatic amines is 1. The van der Waals surface area contributed by atoms with Crippen molar-refractivity contribution >= 4 is 53.6 Å². The second kappa shape index (κ2) is 10.9. The Morgan fingerprint density at radius 1 is 1.03 bits per heavy atom. The first-order chi connectivity index (χ1) is 18.8. The predicted molar refractivity (Wildman–Crippen MR) is 150 cm³/mol. The van der Waals surface area contributed by atoms with Crippen LogP contribution in [0.4, 0.5) is 24.9 Å². The zero-order valence-corrected chi connectivity index (χ0v) is 23.9. The van der Waals surface area contributed by atoms with Crippen LogP contribution in [0.3, 0.4) is 0 Å². The molecule has 13 heteroatoms. The zero-order chi connectivity index (χ0) is 27.0. The van der Waals surface area contributed by atoms with Crippen LogP contribution in [-0.2, 0) is 6.18 Å². The molecular weight excluding hydrogens is 590 g/mol. The monoisotopic (exact) mass is 617 g/mol. The number of hydrogen-bond donors (Lipinski definition) is 2. The van der Waals surface area contributed by atoms with Crippen LogP contribution in [0.5, 0.6) is 0 Å². The van der Waals surface area contributed by atoms with E-state index >= 15 is 0 Å². The van der Waals surface area contributed by atoms with Crippen LogP contribution in [0.15, 0.2) is 47.4 Å². The number of pyridine rings is 1. The van der Waals surface area contributed by atoms with E-state index in [1.54, 1.807) is 0 Å². The summed E-state index contributed by atoms with van der Waals surface area (Å²) < 4.78 is 41.1. The van der Waals surface area contributed by atoms with E-state index < -0.39 is 27.5 Å². The average molecular weight is 618 g/mol. The van der Waals surface area contributed by atoms with Gasteiger partial charge in [0.1, 0.15) is 0 Å². The van der Waals surface area contributed by atoms with Gasteiger partial charge in [-0.3, -0.25) is 0 Å². The molecule has 0 bridgehead atoms. The average Bonchev–Trinajstić information content (AvgIpc) is 3.37. The molecule has 2 fully saturated rings. The van der Waals surface area contributed by atoms with Crippen molar-refractivity contribution in [1.29, 1.82) is 0 Å². The van der Waals surface area contributed by atoms with E-state index in [4.69, 9.17) is 9.97 Å². The SMILES string of the molecule is O=c1[nH]c(N2CCN(c3ccc(C(F)(F)F)cn3)CC2)nc([AsH]C2CCCNC2)c1-c1nc2ccccc2s1. The molecule has 39 heavy (non-hydrogen) atoms. The number of halogens is 3. The molecule has 204 valence electrons. The number of aromatic nitrogens is 4. The van der Waals surface area contributed by atoms with Gasteiger partial charge >= 0.3 is 221 Å². The van der Waals surface area contributed by atoms with E-state index in [-0.39, 0.29) is 5.56 Å². The first-order valence-corrected chi connectivity index (χ1v) is 15.9. The third-order valence-electron chi connectivity index (χ3n) is 7.03. The molecule has 1 aromatic carbocycles. The van der Waals surface area contributed by atoms with Crippen molar-refractivity contribution in [2.75, 3.05) is 49.1 Å². The van der Waals surface area contributed by atoms with Crippen molar-refractivity contribution in [1.82, 2.24) is 25.3 Å². The summed E-state index contributed by atoms with van der Waals surface area (Å²) in [5.41, 5.74) is 0.537. The number of nitrogens with one attached hydrogen (secondary N) is 2. The Morgan fingerprint density at radius 2 is 1.82 bits per heavy atom. The van der Waals surface area contributed by atoms with Crippen molar-refractivity contribution in [3.05, 3.63) is 58.5 Å². The number of para-hydroxylation sites is 1. The fraction of sp³-hybridized carbons (Fsp3) is 0.385. The van der Waals surface area contributed by atoms with Crippen molar-refractivity contribution < 1.29 is 13.2 Å². The molecule has 0 aliphatic carbocycles. The van der Waals surface area contributed by atoms with Crippen molar-refractivity contribution in [3.8, 4) is 10.6 Å². The number of H-pyrrole nitrogens is 1. The van der Waals surface area contributed by atoms with Gasteiger partial charge < -0.3 is 0 Å². The number of benzene rings is 1. The third kappa shape index (κ3) is 5.69. The molecule has 2 aliphatic rings. The molecule has 5 heterocycles. The first kappa shape index (κ1) is 26.3. The Balaban J connectivity index is 1.26. The molecule has 2 unspecified atom stereocenters. The van der Waals surface area contributed by atoms with Gasteiger partial charge in [-0.2, -0.15) is 13.2 Å². The Bertz CT molecular complexity index is 1480. The van der Waals surface area contributed by atoms with Gasteiger partial charge in [-0.1, -0.05) is 0 Å². The van der Waals surface area contributed by atoms with Gasteiger partial charge in [0.15, 0.2) is 0 Å². The molecule has 0 radical (unpaired) electrons. The van der Waals surface area contributed by atoms with Gasteiger partial charge in [-0.05, 0) is 0 Å². The number of nitrogens with zero attached hydrogens (tertiary/aromatic N) is 5. The quantitative estimate of drug-likeness (QED) is 0.333. The van der Waals surface area contributed by atoms with Gasteiger partial charge in [0.05, 0.1) is 0 Å². The molecule has 6 rings (SSSR count). The Morgan fingerprint density at radius 3 is 2.51 bits per heavy atom. The molecule has 2 N–H and O–H groups in total. The summed E-state index contributed by atoms with van der Waals surface area (Å²) >= 11 is 0.796. The minimum absolute atomic E-state index is 0.173. The predicted octanol–water partition coefficient (Wildman–Crippen LogP) is 3.02. The summed E-state index contributed by atoms with van der Waals surface area (Å²) in [6.07, 6.45) is -1.28. The van der Waals surface area contributed by atoms with Crippen LogP contribution in [0.2, 0.25) is 4.71 Å². The molecule has 2 atom stereocenters. The van der Waals surface area contributed by atoms with Crippen molar-refractivity contribution in [3.63, 3.8) is 0 Å². The number of rotatable bonds is 5. The minimum atomic E-state index is -4.41. The van der Waals surface area contributed by atoms with Crippen LogP contribution in [0, 0.1) is 0 Å². The maximum atomic E-state index is 13.6. The summed E-state index contributed by atoms with van der Waals surface area (Å²) in [4.78, 5) is 34.4. The molecule has 0 spiro atoms. The van der Waals surface area contributed by atoms with Crippen LogP contribution in [0.1, 0.15) is 18.4 Å². The number of hydrogen-bond acceptors (Lipinski definition) is 8. The molecule has 4 aromatic rings. The first-order valence-electron chi connectivity index (χ1n) is 12.9. The van der Waals surface area contributed by atoms with Crippen LogP contribution >= 0.6 is 11.3 Å². The van der Waals surface area contributed by atoms with E-state index in [9.17, 15) is 18.0 Å². The standard InChI is InChI=1S/C26H27AsF3N7OS/c28-26(29,30)16-7-8-20(32-14-16)36-10-12-37(13-11-36)25-34-22(27-17-4-3-9-31-15-17)21(23(38)35-25)24-33-18-5-1-2-6-19(18)39-24/h1-2,5-8,14,17,27,31H,3-4,9-13,15H2,(H,34,35,38). The number of thiazole rings is 1. The third-order valence-corrected chi connectivity index (χ3v) is 11.3. The molecule has 0 amide bonds. The Kier molecular flexibility index (Phi) is 7.35. The van der Waals surface area contributed by atoms with Crippen molar-refractivity contribution in [2.45, 2.75) is 23.7 Å². The van der Waals surface area contributed by atoms with Gasteiger partial charge in [-0.15, -0.1) is 0 Å². The summed E-state index contributed by atoms with van der Waals surface area (Å²) in [5.74, 6) is 1.06. The second-order valence-electron chi connectivity index (χ2n) is 9.66. The van der Waals surface area contributed by atoms with E-state index in [0.29, 0.717) is 53.2 Å². The van der Waals surface area contributed by atoms with Crippen LogP contribution in [-0.4, -0.2) is 75.0 Å². The van der Waals surface area contributed by atoms with Gasteiger partial charge in [0.2, 0.25) is 0 Å². The summed E-state index contributed by atoms with van der Waals surface area (Å²) in [6.45, 7) is 4.22.